The summed E-state index contributed by atoms with van der Waals surface area (Å²) in [6.45, 7) is 4.08. The third kappa shape index (κ3) is 5.73. The van der Waals surface area contributed by atoms with E-state index in [1.54, 1.807) is 31.2 Å². The van der Waals surface area contributed by atoms with Gasteiger partial charge in [-0.3, -0.25) is 9.59 Å². The number of nitrogens with one attached hydrogen (secondary N) is 2. The molecule has 0 saturated heterocycles. The van der Waals surface area contributed by atoms with Crippen molar-refractivity contribution in [3.8, 4) is 0 Å². The van der Waals surface area contributed by atoms with Crippen molar-refractivity contribution in [1.29, 1.82) is 0 Å². The molecule has 0 spiro atoms. The number of esters is 1. The summed E-state index contributed by atoms with van der Waals surface area (Å²) in [7, 11) is 0. The van der Waals surface area contributed by atoms with E-state index in [0.717, 1.165) is 6.42 Å². The van der Waals surface area contributed by atoms with E-state index in [-0.39, 0.29) is 6.42 Å². The largest absolute Gasteiger partial charge is 0.462 e. The molecule has 6 heteroatoms. The van der Waals surface area contributed by atoms with Gasteiger partial charge in [0.1, 0.15) is 6.42 Å². The second kappa shape index (κ2) is 9.36. The third-order valence-electron chi connectivity index (χ3n) is 3.65. The molecule has 136 valence electrons. The van der Waals surface area contributed by atoms with Gasteiger partial charge in [0.25, 0.3) is 0 Å². The summed E-state index contributed by atoms with van der Waals surface area (Å²) in [6.07, 6.45) is 0.626. The summed E-state index contributed by atoms with van der Waals surface area (Å²) < 4.78 is 4.89. The molecule has 0 unspecified atom stereocenters. The van der Waals surface area contributed by atoms with Crippen LogP contribution in [0.15, 0.2) is 48.5 Å². The lowest BCUT2D eigenvalue weighted by molar-refractivity contribution is -0.123. The zero-order valence-corrected chi connectivity index (χ0v) is 14.9. The van der Waals surface area contributed by atoms with E-state index >= 15 is 0 Å². The number of benzene rings is 2. The molecule has 2 rings (SSSR count). The standard InChI is InChI=1S/C20H22N2O4/c1-3-14-5-9-16(10-6-14)21-18(23)13-19(24)22-17-11-7-15(8-12-17)20(25)26-4-2/h5-12H,3-4,13H2,1-2H3,(H,21,23)(H,22,24). The summed E-state index contributed by atoms with van der Waals surface area (Å²) >= 11 is 0. The molecule has 0 aliphatic rings. The maximum absolute atomic E-state index is 12.0. The van der Waals surface area contributed by atoms with E-state index in [1.807, 2.05) is 24.3 Å². The number of carbonyl (C=O) groups excluding carboxylic acids is 3. The molecule has 0 atom stereocenters. The van der Waals surface area contributed by atoms with Gasteiger partial charge in [-0.2, -0.15) is 0 Å². The van der Waals surface area contributed by atoms with Crippen LogP contribution in [-0.4, -0.2) is 24.4 Å². The number of hydrogen-bond donors (Lipinski definition) is 2. The quantitative estimate of drug-likeness (QED) is 0.590. The van der Waals surface area contributed by atoms with E-state index in [2.05, 4.69) is 17.6 Å². The van der Waals surface area contributed by atoms with Crippen LogP contribution in [0.4, 0.5) is 11.4 Å². The Kier molecular flexibility index (Phi) is 6.91. The Labute approximate surface area is 152 Å². The number of anilines is 2. The molecule has 0 saturated carbocycles. The predicted octanol–water partition coefficient (Wildman–Crippen LogP) is 3.39. The van der Waals surface area contributed by atoms with Crippen LogP contribution in [0.3, 0.4) is 0 Å². The molecule has 0 bridgehead atoms. The highest BCUT2D eigenvalue weighted by atomic mass is 16.5. The van der Waals surface area contributed by atoms with Crippen molar-refractivity contribution in [1.82, 2.24) is 0 Å². The van der Waals surface area contributed by atoms with Crippen molar-refractivity contribution in [2.45, 2.75) is 26.7 Å². The maximum Gasteiger partial charge on any atom is 0.338 e. The van der Waals surface area contributed by atoms with Crippen molar-refractivity contribution in [2.75, 3.05) is 17.2 Å². The second-order valence-corrected chi connectivity index (χ2v) is 5.62. The fourth-order valence-electron chi connectivity index (χ4n) is 2.28. The van der Waals surface area contributed by atoms with Crippen molar-refractivity contribution >= 4 is 29.2 Å². The summed E-state index contributed by atoms with van der Waals surface area (Å²) in [5.41, 5.74) is 2.73. The number of aryl methyl sites for hydroxylation is 1. The van der Waals surface area contributed by atoms with Crippen molar-refractivity contribution in [3.05, 3.63) is 59.7 Å². The molecular formula is C20H22N2O4. The molecule has 6 nitrogen and oxygen atoms in total. The number of ether oxygens (including phenoxy) is 1. The van der Waals surface area contributed by atoms with E-state index in [0.29, 0.717) is 23.5 Å². The summed E-state index contributed by atoms with van der Waals surface area (Å²) in [6, 6.07) is 13.8. The molecule has 26 heavy (non-hydrogen) atoms. The third-order valence-corrected chi connectivity index (χ3v) is 3.65. The van der Waals surface area contributed by atoms with Crippen LogP contribution in [0.25, 0.3) is 0 Å². The van der Waals surface area contributed by atoms with Crippen LogP contribution in [-0.2, 0) is 20.7 Å². The van der Waals surface area contributed by atoms with Crippen LogP contribution in [0, 0.1) is 0 Å². The summed E-state index contributed by atoms with van der Waals surface area (Å²) in [4.78, 5) is 35.5. The number of carbonyl (C=O) groups is 3. The van der Waals surface area contributed by atoms with Crippen LogP contribution >= 0.6 is 0 Å². The lowest BCUT2D eigenvalue weighted by Crippen LogP contribution is -2.21. The van der Waals surface area contributed by atoms with Crippen LogP contribution in [0.2, 0.25) is 0 Å². The first-order chi connectivity index (χ1) is 12.5. The van der Waals surface area contributed by atoms with Gasteiger partial charge in [-0.25, -0.2) is 4.79 Å². The first kappa shape index (κ1) is 19.2. The molecule has 0 aromatic heterocycles. The van der Waals surface area contributed by atoms with Gasteiger partial charge in [0.2, 0.25) is 11.8 Å². The van der Waals surface area contributed by atoms with Gasteiger partial charge in [0, 0.05) is 11.4 Å². The Morgan fingerprint density at radius 3 is 1.77 bits per heavy atom. The predicted molar refractivity (Wildman–Crippen MR) is 100 cm³/mol. The number of amides is 2. The Bertz CT molecular complexity index is 767. The minimum absolute atomic E-state index is 0.296. The fraction of sp³-hybridized carbons (Fsp3) is 0.250. The molecule has 2 aromatic carbocycles. The average Bonchev–Trinajstić information content (AvgIpc) is 2.63. The van der Waals surface area contributed by atoms with Crippen molar-refractivity contribution in [2.24, 2.45) is 0 Å². The lowest BCUT2D eigenvalue weighted by atomic mass is 10.1. The maximum atomic E-state index is 12.0. The van der Waals surface area contributed by atoms with E-state index in [4.69, 9.17) is 4.74 Å². The number of hydrogen-bond acceptors (Lipinski definition) is 4. The average molecular weight is 354 g/mol. The molecule has 0 aliphatic carbocycles. The lowest BCUT2D eigenvalue weighted by Gasteiger charge is -2.08. The Balaban J connectivity index is 1.85. The monoisotopic (exact) mass is 354 g/mol. The van der Waals surface area contributed by atoms with Gasteiger partial charge in [0.15, 0.2) is 0 Å². The molecule has 0 heterocycles. The Morgan fingerprint density at radius 2 is 1.31 bits per heavy atom. The molecule has 0 aliphatic heterocycles. The first-order valence-electron chi connectivity index (χ1n) is 8.47. The zero-order valence-electron chi connectivity index (χ0n) is 14.9. The highest BCUT2D eigenvalue weighted by Gasteiger charge is 2.11. The Morgan fingerprint density at radius 1 is 0.808 bits per heavy atom. The second-order valence-electron chi connectivity index (χ2n) is 5.62. The molecule has 0 radical (unpaired) electrons. The van der Waals surface area contributed by atoms with Gasteiger partial charge in [0.05, 0.1) is 12.2 Å². The zero-order chi connectivity index (χ0) is 18.9. The van der Waals surface area contributed by atoms with E-state index in [9.17, 15) is 14.4 Å². The Hall–Kier alpha value is -3.15. The molecule has 0 fully saturated rings. The van der Waals surface area contributed by atoms with Crippen molar-refractivity contribution < 1.29 is 19.1 Å². The minimum Gasteiger partial charge on any atom is -0.462 e. The van der Waals surface area contributed by atoms with E-state index in [1.165, 1.54) is 5.56 Å². The molecule has 2 N–H and O–H groups in total. The smallest absolute Gasteiger partial charge is 0.338 e. The highest BCUT2D eigenvalue weighted by molar-refractivity contribution is 6.08. The normalized spacial score (nSPS) is 10.1. The molecular weight excluding hydrogens is 332 g/mol. The van der Waals surface area contributed by atoms with Gasteiger partial charge in [-0.15, -0.1) is 0 Å². The van der Waals surface area contributed by atoms with Crippen LogP contribution in [0.5, 0.6) is 0 Å². The van der Waals surface area contributed by atoms with E-state index < -0.39 is 17.8 Å². The number of rotatable bonds is 7. The first-order valence-corrected chi connectivity index (χ1v) is 8.47. The van der Waals surface area contributed by atoms with Gasteiger partial charge in [-0.05, 0) is 55.3 Å². The van der Waals surface area contributed by atoms with Crippen LogP contribution < -0.4 is 10.6 Å². The molecule has 2 amide bonds. The van der Waals surface area contributed by atoms with Gasteiger partial charge < -0.3 is 15.4 Å². The molecule has 2 aromatic rings. The van der Waals surface area contributed by atoms with Crippen LogP contribution in [0.1, 0.15) is 36.2 Å². The minimum atomic E-state index is -0.434. The SMILES string of the molecule is CCOC(=O)c1ccc(NC(=O)CC(=O)Nc2ccc(CC)cc2)cc1. The fourth-order valence-corrected chi connectivity index (χ4v) is 2.28. The topological polar surface area (TPSA) is 84.5 Å². The highest BCUT2D eigenvalue weighted by Crippen LogP contribution is 2.12. The summed E-state index contributed by atoms with van der Waals surface area (Å²) in [5, 5.41) is 5.31. The van der Waals surface area contributed by atoms with Crippen molar-refractivity contribution in [3.63, 3.8) is 0 Å². The van der Waals surface area contributed by atoms with Gasteiger partial charge >= 0.3 is 5.97 Å². The summed E-state index contributed by atoms with van der Waals surface area (Å²) in [5.74, 6) is -1.25. The van der Waals surface area contributed by atoms with Gasteiger partial charge in [-0.1, -0.05) is 19.1 Å².